The number of nitrogens with one attached hydrogen (secondary N) is 1. The number of benzene rings is 2. The maximum Gasteiger partial charge on any atom is 0.352 e. The van der Waals surface area contributed by atoms with Crippen molar-refractivity contribution in [3.63, 3.8) is 0 Å². The number of aromatic nitrogens is 4. The summed E-state index contributed by atoms with van der Waals surface area (Å²) in [5, 5.41) is 7.41. The Hall–Kier alpha value is -4.47. The van der Waals surface area contributed by atoms with Crippen LogP contribution < -0.4 is 21.5 Å². The molecule has 0 aliphatic rings. The topological polar surface area (TPSA) is 111 Å². The maximum atomic E-state index is 13.5. The molecule has 4 rings (SSSR count). The SMILES string of the molecule is C=CCn1c(=O)c2ccc(C(=O)NCC(C)C)cc2n2c(=O)n(CC(=O)N(C)c3ccccc3)nc12. The molecule has 10 nitrogen and oxygen atoms in total. The molecule has 0 fully saturated rings. The van der Waals surface area contributed by atoms with Crippen LogP contribution in [0.2, 0.25) is 0 Å². The number of likely N-dealkylation sites (N-methyl/N-ethyl adjacent to an activating group) is 1. The first-order chi connectivity index (χ1) is 17.2. The highest BCUT2D eigenvalue weighted by Crippen LogP contribution is 2.15. The Kier molecular flexibility index (Phi) is 6.86. The van der Waals surface area contributed by atoms with Gasteiger partial charge in [0.15, 0.2) is 0 Å². The van der Waals surface area contributed by atoms with Crippen LogP contribution >= 0.6 is 0 Å². The number of allylic oxidation sites excluding steroid dienone is 1. The number of amides is 2. The van der Waals surface area contributed by atoms with Crippen molar-refractivity contribution in [2.24, 2.45) is 5.92 Å². The predicted octanol–water partition coefficient (Wildman–Crippen LogP) is 2.05. The largest absolute Gasteiger partial charge is 0.352 e. The normalized spacial score (nSPS) is 11.2. The fourth-order valence-corrected chi connectivity index (χ4v) is 3.88. The molecule has 0 atom stereocenters. The molecule has 4 aromatic rings. The predicted molar refractivity (Wildman–Crippen MR) is 138 cm³/mol. The highest BCUT2D eigenvalue weighted by atomic mass is 16.2. The monoisotopic (exact) mass is 488 g/mol. The van der Waals surface area contributed by atoms with E-state index in [0.29, 0.717) is 17.8 Å². The summed E-state index contributed by atoms with van der Waals surface area (Å²) in [7, 11) is 1.61. The number of nitrogens with zero attached hydrogens (tertiary/aromatic N) is 5. The van der Waals surface area contributed by atoms with Crippen LogP contribution in [-0.4, -0.2) is 44.2 Å². The molecule has 186 valence electrons. The zero-order valence-corrected chi connectivity index (χ0v) is 20.5. The fourth-order valence-electron chi connectivity index (χ4n) is 3.88. The number of rotatable bonds is 8. The van der Waals surface area contributed by atoms with Crippen LogP contribution in [0, 0.1) is 5.92 Å². The first-order valence-electron chi connectivity index (χ1n) is 11.6. The number of carbonyl (C=O) groups excluding carboxylic acids is 2. The summed E-state index contributed by atoms with van der Waals surface area (Å²) >= 11 is 0. The van der Waals surface area contributed by atoms with Gasteiger partial charge in [-0.3, -0.25) is 19.0 Å². The van der Waals surface area contributed by atoms with E-state index in [1.54, 1.807) is 25.2 Å². The highest BCUT2D eigenvalue weighted by molar-refractivity contribution is 5.98. The summed E-state index contributed by atoms with van der Waals surface area (Å²) in [5.41, 5.74) is 0.252. The number of anilines is 1. The van der Waals surface area contributed by atoms with Gasteiger partial charge in [-0.2, -0.15) is 0 Å². The smallest absolute Gasteiger partial charge is 0.352 e. The molecule has 36 heavy (non-hydrogen) atoms. The first kappa shape index (κ1) is 24.6. The molecule has 0 spiro atoms. The Morgan fingerprint density at radius 2 is 1.86 bits per heavy atom. The van der Waals surface area contributed by atoms with E-state index in [-0.39, 0.29) is 53.1 Å². The standard InChI is InChI=1S/C26H28N6O4/c1-5-13-30-24(35)20-12-11-18(23(34)27-15-17(2)3)14-21(20)32-25(30)28-31(26(32)36)16-22(33)29(4)19-9-7-6-8-10-19/h5-12,14,17H,1,13,15-16H2,2-4H3,(H,27,34). The summed E-state index contributed by atoms with van der Waals surface area (Å²) < 4.78 is 3.60. The molecule has 0 aliphatic heterocycles. The third-order valence-corrected chi connectivity index (χ3v) is 5.83. The van der Waals surface area contributed by atoms with Gasteiger partial charge in [-0.25, -0.2) is 13.9 Å². The van der Waals surface area contributed by atoms with Gasteiger partial charge in [0.1, 0.15) is 6.54 Å². The average Bonchev–Trinajstić information content (AvgIpc) is 3.20. The van der Waals surface area contributed by atoms with Crippen molar-refractivity contribution in [3.8, 4) is 0 Å². The van der Waals surface area contributed by atoms with Crippen molar-refractivity contribution < 1.29 is 9.59 Å². The van der Waals surface area contributed by atoms with E-state index in [1.165, 1.54) is 32.1 Å². The number of hydrogen-bond acceptors (Lipinski definition) is 5. The number of carbonyl (C=O) groups is 2. The Balaban J connectivity index is 1.84. The molecule has 0 saturated heterocycles. The van der Waals surface area contributed by atoms with Crippen LogP contribution in [0.15, 0.2) is 70.8 Å². The van der Waals surface area contributed by atoms with Gasteiger partial charge in [0.25, 0.3) is 11.5 Å². The van der Waals surface area contributed by atoms with Gasteiger partial charge in [-0.1, -0.05) is 38.1 Å². The molecule has 2 aromatic heterocycles. The summed E-state index contributed by atoms with van der Waals surface area (Å²) in [6.07, 6.45) is 1.53. The second-order valence-corrected chi connectivity index (χ2v) is 8.90. The van der Waals surface area contributed by atoms with E-state index in [2.05, 4.69) is 17.0 Å². The molecule has 10 heteroatoms. The van der Waals surface area contributed by atoms with Gasteiger partial charge in [0.2, 0.25) is 11.7 Å². The molecule has 2 heterocycles. The Bertz CT molecular complexity index is 1580. The zero-order chi connectivity index (χ0) is 26.0. The van der Waals surface area contributed by atoms with Crippen molar-refractivity contribution >= 4 is 34.2 Å². The summed E-state index contributed by atoms with van der Waals surface area (Å²) in [5.74, 6) is -0.344. The maximum absolute atomic E-state index is 13.5. The van der Waals surface area contributed by atoms with E-state index in [9.17, 15) is 19.2 Å². The van der Waals surface area contributed by atoms with Gasteiger partial charge >= 0.3 is 5.69 Å². The lowest BCUT2D eigenvalue weighted by molar-refractivity contribution is -0.119. The van der Waals surface area contributed by atoms with Crippen LogP contribution in [0.5, 0.6) is 0 Å². The van der Waals surface area contributed by atoms with Gasteiger partial charge in [0, 0.05) is 31.4 Å². The molecule has 1 N–H and O–H groups in total. The molecule has 0 radical (unpaired) electrons. The molecule has 0 unspecified atom stereocenters. The van der Waals surface area contributed by atoms with Crippen molar-refractivity contribution in [3.05, 3.63) is 87.6 Å². The van der Waals surface area contributed by atoms with E-state index in [0.717, 1.165) is 4.68 Å². The van der Waals surface area contributed by atoms with Gasteiger partial charge in [-0.05, 0) is 36.2 Å². The van der Waals surface area contributed by atoms with Crippen molar-refractivity contribution in [1.29, 1.82) is 0 Å². The second kappa shape index (κ2) is 10.0. The lowest BCUT2D eigenvalue weighted by atomic mass is 10.1. The fraction of sp³-hybridized carbons (Fsp3) is 0.269. The van der Waals surface area contributed by atoms with Crippen LogP contribution in [0.4, 0.5) is 5.69 Å². The van der Waals surface area contributed by atoms with E-state index < -0.39 is 5.69 Å². The minimum atomic E-state index is -0.595. The second-order valence-electron chi connectivity index (χ2n) is 8.90. The van der Waals surface area contributed by atoms with Crippen LogP contribution in [0.25, 0.3) is 16.7 Å². The number of hydrogen-bond donors (Lipinski definition) is 1. The molecule has 0 saturated carbocycles. The lowest BCUT2D eigenvalue weighted by Crippen LogP contribution is -2.34. The minimum Gasteiger partial charge on any atom is -0.352 e. The van der Waals surface area contributed by atoms with Crippen LogP contribution in [-0.2, 0) is 17.9 Å². The molecule has 0 aliphatic carbocycles. The number of para-hydroxylation sites is 1. The third kappa shape index (κ3) is 4.57. The van der Waals surface area contributed by atoms with Gasteiger partial charge in [-0.15, -0.1) is 11.7 Å². The Labute approximate surface area is 207 Å². The molecule has 0 bridgehead atoms. The quantitative estimate of drug-likeness (QED) is 0.382. The average molecular weight is 489 g/mol. The van der Waals surface area contributed by atoms with Crippen LogP contribution in [0.3, 0.4) is 0 Å². The van der Waals surface area contributed by atoms with Crippen LogP contribution in [0.1, 0.15) is 24.2 Å². The first-order valence-corrected chi connectivity index (χ1v) is 11.6. The Morgan fingerprint density at radius 3 is 2.53 bits per heavy atom. The summed E-state index contributed by atoms with van der Waals surface area (Å²) in [4.78, 5) is 53.7. The summed E-state index contributed by atoms with van der Waals surface area (Å²) in [6, 6.07) is 13.6. The number of fused-ring (bicyclic) bond motifs is 3. The lowest BCUT2D eigenvalue weighted by Gasteiger charge is -2.16. The third-order valence-electron chi connectivity index (χ3n) is 5.83. The van der Waals surface area contributed by atoms with Gasteiger partial charge in [0.05, 0.1) is 10.9 Å². The van der Waals surface area contributed by atoms with E-state index >= 15 is 0 Å². The van der Waals surface area contributed by atoms with E-state index in [4.69, 9.17) is 0 Å². The molecule has 2 amide bonds. The minimum absolute atomic E-state index is 0.0623. The molecule has 2 aromatic carbocycles. The highest BCUT2D eigenvalue weighted by Gasteiger charge is 2.21. The van der Waals surface area contributed by atoms with Crippen molar-refractivity contribution in [2.75, 3.05) is 18.5 Å². The van der Waals surface area contributed by atoms with Crippen molar-refractivity contribution in [2.45, 2.75) is 26.9 Å². The van der Waals surface area contributed by atoms with Gasteiger partial charge < -0.3 is 10.2 Å². The zero-order valence-electron chi connectivity index (χ0n) is 20.5. The van der Waals surface area contributed by atoms with Crippen molar-refractivity contribution in [1.82, 2.24) is 24.1 Å². The Morgan fingerprint density at radius 1 is 1.14 bits per heavy atom. The molecular weight excluding hydrogens is 460 g/mol. The van der Waals surface area contributed by atoms with E-state index in [1.807, 2.05) is 32.0 Å². The summed E-state index contributed by atoms with van der Waals surface area (Å²) in [6.45, 7) is 7.93. The molecular formula is C26H28N6O4.